The summed E-state index contributed by atoms with van der Waals surface area (Å²) in [4.78, 5) is 13.9. The van der Waals surface area contributed by atoms with Crippen LogP contribution in [0.4, 0.5) is 0 Å². The summed E-state index contributed by atoms with van der Waals surface area (Å²) in [6, 6.07) is 0.193. The molecule has 15 heavy (non-hydrogen) atoms. The normalized spacial score (nSPS) is 34.7. The largest absolute Gasteiger partial charge is 0.345 e. The lowest BCUT2D eigenvalue weighted by atomic mass is 10.1. The molecule has 2 fully saturated rings. The standard InChI is InChI=1S/C12H22N2O/c1-8(13)6-7-14(2)12(15)11-9-4-3-5-10(9)11/h8-11H,3-7,13H2,1-2H3. The second kappa shape index (κ2) is 4.12. The van der Waals surface area contributed by atoms with E-state index in [1.807, 2.05) is 18.9 Å². The predicted molar refractivity (Wildman–Crippen MR) is 60.2 cm³/mol. The van der Waals surface area contributed by atoms with E-state index in [1.165, 1.54) is 19.3 Å². The zero-order valence-corrected chi connectivity index (χ0v) is 9.78. The zero-order chi connectivity index (χ0) is 11.0. The first-order valence-electron chi connectivity index (χ1n) is 6.12. The molecular formula is C12H22N2O. The summed E-state index contributed by atoms with van der Waals surface area (Å²) >= 11 is 0. The summed E-state index contributed by atoms with van der Waals surface area (Å²) in [6.45, 7) is 2.80. The molecule has 86 valence electrons. The monoisotopic (exact) mass is 210 g/mol. The topological polar surface area (TPSA) is 46.3 Å². The van der Waals surface area contributed by atoms with Crippen LogP contribution in [0.2, 0.25) is 0 Å². The Kier molecular flexibility index (Phi) is 3.01. The lowest BCUT2D eigenvalue weighted by Gasteiger charge is -2.19. The van der Waals surface area contributed by atoms with Crippen molar-refractivity contribution in [3.63, 3.8) is 0 Å². The summed E-state index contributed by atoms with van der Waals surface area (Å²) in [7, 11) is 1.92. The van der Waals surface area contributed by atoms with Gasteiger partial charge in [0.1, 0.15) is 0 Å². The van der Waals surface area contributed by atoms with Gasteiger partial charge in [0.2, 0.25) is 5.91 Å². The number of amides is 1. The Hall–Kier alpha value is -0.570. The van der Waals surface area contributed by atoms with E-state index < -0.39 is 0 Å². The third-order valence-corrected chi connectivity index (χ3v) is 3.99. The van der Waals surface area contributed by atoms with Gasteiger partial charge in [-0.3, -0.25) is 4.79 Å². The molecule has 3 atom stereocenters. The average Bonchev–Trinajstić information content (AvgIpc) is 2.66. The Morgan fingerprint density at radius 2 is 2.07 bits per heavy atom. The maximum atomic E-state index is 12.0. The molecule has 3 unspecified atom stereocenters. The first-order chi connectivity index (χ1) is 7.11. The number of carbonyl (C=O) groups excluding carboxylic acids is 1. The number of fused-ring (bicyclic) bond motifs is 1. The molecule has 2 aliphatic carbocycles. The molecule has 3 heteroatoms. The van der Waals surface area contributed by atoms with Gasteiger partial charge in [0.05, 0.1) is 0 Å². The fraction of sp³-hybridized carbons (Fsp3) is 0.917. The molecule has 3 nitrogen and oxygen atoms in total. The molecule has 2 aliphatic rings. The number of rotatable bonds is 4. The second-order valence-electron chi connectivity index (χ2n) is 5.31. The zero-order valence-electron chi connectivity index (χ0n) is 9.78. The van der Waals surface area contributed by atoms with E-state index >= 15 is 0 Å². The third kappa shape index (κ3) is 2.17. The van der Waals surface area contributed by atoms with Crippen molar-refractivity contribution in [1.29, 1.82) is 0 Å². The number of nitrogens with zero attached hydrogens (tertiary/aromatic N) is 1. The average molecular weight is 210 g/mol. The molecule has 2 saturated carbocycles. The Morgan fingerprint density at radius 3 is 2.60 bits per heavy atom. The second-order valence-corrected chi connectivity index (χ2v) is 5.31. The fourth-order valence-corrected chi connectivity index (χ4v) is 2.95. The fourth-order valence-electron chi connectivity index (χ4n) is 2.95. The van der Waals surface area contributed by atoms with Gasteiger partial charge in [-0.25, -0.2) is 0 Å². The van der Waals surface area contributed by atoms with Gasteiger partial charge in [0, 0.05) is 25.6 Å². The number of carbonyl (C=O) groups is 1. The summed E-state index contributed by atoms with van der Waals surface area (Å²) in [5, 5.41) is 0. The van der Waals surface area contributed by atoms with Crippen LogP contribution in [0.25, 0.3) is 0 Å². The molecule has 0 aromatic carbocycles. The summed E-state index contributed by atoms with van der Waals surface area (Å²) < 4.78 is 0. The van der Waals surface area contributed by atoms with Crippen LogP contribution in [-0.4, -0.2) is 30.4 Å². The minimum absolute atomic E-state index is 0.193. The van der Waals surface area contributed by atoms with Crippen molar-refractivity contribution < 1.29 is 4.79 Å². The highest BCUT2D eigenvalue weighted by Gasteiger charge is 2.57. The van der Waals surface area contributed by atoms with Crippen molar-refractivity contribution in [1.82, 2.24) is 4.90 Å². The van der Waals surface area contributed by atoms with Crippen LogP contribution >= 0.6 is 0 Å². The molecule has 0 radical (unpaired) electrons. The Labute approximate surface area is 92.0 Å². The van der Waals surface area contributed by atoms with Gasteiger partial charge in [-0.2, -0.15) is 0 Å². The lowest BCUT2D eigenvalue weighted by Crippen LogP contribution is -2.33. The summed E-state index contributed by atoms with van der Waals surface area (Å²) in [5.74, 6) is 2.20. The van der Waals surface area contributed by atoms with Gasteiger partial charge in [-0.1, -0.05) is 6.42 Å². The molecule has 0 aliphatic heterocycles. The highest BCUT2D eigenvalue weighted by atomic mass is 16.2. The molecule has 0 aromatic rings. The van der Waals surface area contributed by atoms with E-state index in [-0.39, 0.29) is 6.04 Å². The molecule has 0 spiro atoms. The van der Waals surface area contributed by atoms with Crippen molar-refractivity contribution in [3.8, 4) is 0 Å². The molecule has 0 bridgehead atoms. The lowest BCUT2D eigenvalue weighted by molar-refractivity contribution is -0.132. The number of hydrogen-bond donors (Lipinski definition) is 1. The Balaban J connectivity index is 1.76. The molecule has 2 rings (SSSR count). The van der Waals surface area contributed by atoms with Crippen LogP contribution in [-0.2, 0) is 4.79 Å². The minimum atomic E-state index is 0.193. The van der Waals surface area contributed by atoms with Crippen LogP contribution in [0.5, 0.6) is 0 Å². The predicted octanol–water partition coefficient (Wildman–Crippen LogP) is 1.23. The van der Waals surface area contributed by atoms with Gasteiger partial charge in [0.15, 0.2) is 0 Å². The Morgan fingerprint density at radius 1 is 1.47 bits per heavy atom. The van der Waals surface area contributed by atoms with Crippen molar-refractivity contribution in [3.05, 3.63) is 0 Å². The minimum Gasteiger partial charge on any atom is -0.345 e. The summed E-state index contributed by atoms with van der Waals surface area (Å²) in [5.41, 5.74) is 5.69. The van der Waals surface area contributed by atoms with Gasteiger partial charge in [-0.15, -0.1) is 0 Å². The van der Waals surface area contributed by atoms with Gasteiger partial charge in [0.25, 0.3) is 0 Å². The van der Waals surface area contributed by atoms with Gasteiger partial charge < -0.3 is 10.6 Å². The molecular weight excluding hydrogens is 188 g/mol. The van der Waals surface area contributed by atoms with Crippen LogP contribution in [0, 0.1) is 17.8 Å². The molecule has 0 saturated heterocycles. The van der Waals surface area contributed by atoms with Gasteiger partial charge in [-0.05, 0) is 38.0 Å². The molecule has 2 N–H and O–H groups in total. The number of hydrogen-bond acceptors (Lipinski definition) is 2. The van der Waals surface area contributed by atoms with E-state index in [2.05, 4.69) is 0 Å². The van der Waals surface area contributed by atoms with E-state index in [9.17, 15) is 4.79 Å². The highest BCUT2D eigenvalue weighted by molar-refractivity contribution is 5.82. The van der Waals surface area contributed by atoms with Crippen molar-refractivity contribution in [2.24, 2.45) is 23.5 Å². The van der Waals surface area contributed by atoms with E-state index in [4.69, 9.17) is 5.73 Å². The molecule has 0 aromatic heterocycles. The van der Waals surface area contributed by atoms with E-state index in [0.717, 1.165) is 24.8 Å². The van der Waals surface area contributed by atoms with E-state index in [1.54, 1.807) is 0 Å². The first-order valence-corrected chi connectivity index (χ1v) is 6.12. The number of nitrogens with two attached hydrogens (primary N) is 1. The van der Waals surface area contributed by atoms with Crippen molar-refractivity contribution in [2.75, 3.05) is 13.6 Å². The van der Waals surface area contributed by atoms with Crippen LogP contribution in [0.3, 0.4) is 0 Å². The van der Waals surface area contributed by atoms with Crippen molar-refractivity contribution in [2.45, 2.75) is 38.6 Å². The Bertz CT molecular complexity index is 242. The maximum Gasteiger partial charge on any atom is 0.226 e. The highest BCUT2D eigenvalue weighted by Crippen LogP contribution is 2.57. The molecule has 0 heterocycles. The van der Waals surface area contributed by atoms with Gasteiger partial charge >= 0.3 is 0 Å². The SMILES string of the molecule is CC(N)CCN(C)C(=O)C1C2CCCC21. The smallest absolute Gasteiger partial charge is 0.226 e. The van der Waals surface area contributed by atoms with Crippen LogP contribution in [0.15, 0.2) is 0 Å². The van der Waals surface area contributed by atoms with Crippen LogP contribution < -0.4 is 5.73 Å². The third-order valence-electron chi connectivity index (χ3n) is 3.99. The maximum absolute atomic E-state index is 12.0. The molecule has 1 amide bonds. The quantitative estimate of drug-likeness (QED) is 0.758. The summed E-state index contributed by atoms with van der Waals surface area (Å²) in [6.07, 6.45) is 4.80. The van der Waals surface area contributed by atoms with E-state index in [0.29, 0.717) is 11.8 Å². The van der Waals surface area contributed by atoms with Crippen LogP contribution in [0.1, 0.15) is 32.6 Å². The first kappa shape index (κ1) is 10.9. The van der Waals surface area contributed by atoms with Crippen molar-refractivity contribution >= 4 is 5.91 Å².